The largest absolute Gasteiger partial charge is 0.302 e. The van der Waals surface area contributed by atoms with Crippen LogP contribution in [-0.4, -0.2) is 42.9 Å². The Bertz CT molecular complexity index is 732. The van der Waals surface area contributed by atoms with Crippen LogP contribution in [0, 0.1) is 13.0 Å². The van der Waals surface area contributed by atoms with Crippen molar-refractivity contribution in [3.05, 3.63) is 35.5 Å². The van der Waals surface area contributed by atoms with Crippen LogP contribution < -0.4 is 0 Å². The fourth-order valence-corrected chi connectivity index (χ4v) is 2.89. The first kappa shape index (κ1) is 15.0. The summed E-state index contributed by atoms with van der Waals surface area (Å²) in [7, 11) is 0.677. The molecule has 1 heterocycles. The summed E-state index contributed by atoms with van der Waals surface area (Å²) >= 11 is 0. The van der Waals surface area contributed by atoms with Crippen LogP contribution in [0.3, 0.4) is 0 Å². The molecule has 0 aliphatic rings. The molecule has 0 N–H and O–H groups in total. The molecule has 0 fully saturated rings. The van der Waals surface area contributed by atoms with Crippen molar-refractivity contribution in [2.75, 3.05) is 20.4 Å². The molecule has 0 unspecified atom stereocenters. The van der Waals surface area contributed by atoms with Gasteiger partial charge in [-0.15, -0.1) is 0 Å². The van der Waals surface area contributed by atoms with Crippen LogP contribution in [0.2, 0.25) is 0 Å². The second kappa shape index (κ2) is 5.18. The highest BCUT2D eigenvalue weighted by Gasteiger charge is 2.16. The van der Waals surface area contributed by atoms with Gasteiger partial charge in [0, 0.05) is 11.4 Å². The number of likely N-dealkylation sites (N-methyl/N-ethyl adjacent to an activating group) is 1. The lowest BCUT2D eigenvalue weighted by molar-refractivity contribution is 0.415. The average molecular weight is 294 g/mol. The molecule has 2 rings (SSSR count). The number of fused-ring (bicyclic) bond motifs is 1. The van der Waals surface area contributed by atoms with Crippen molar-refractivity contribution in [3.63, 3.8) is 0 Å². The highest BCUT2D eigenvalue weighted by Crippen LogP contribution is 2.25. The third-order valence-electron chi connectivity index (χ3n) is 3.63. The fourth-order valence-electron chi connectivity index (χ4n) is 2.15. The molecule has 2 aromatic rings. The van der Waals surface area contributed by atoms with E-state index in [1.165, 1.54) is 11.6 Å². The van der Waals surface area contributed by atoms with Crippen LogP contribution in [-0.2, 0) is 16.4 Å². The molecule has 1 radical (unpaired) electrons. The molecule has 0 bridgehead atoms. The molecular weight excluding hydrogens is 274 g/mol. The molecule has 0 atom stereocenters. The lowest BCUT2D eigenvalue weighted by Gasteiger charge is -2.19. The zero-order valence-electron chi connectivity index (χ0n) is 12.5. The van der Waals surface area contributed by atoms with Gasteiger partial charge in [0.25, 0.3) is 10.0 Å². The molecule has 0 aliphatic heterocycles. The molecule has 0 saturated carbocycles. The van der Waals surface area contributed by atoms with E-state index in [1.54, 1.807) is 6.20 Å². The summed E-state index contributed by atoms with van der Waals surface area (Å²) in [6.07, 6.45) is 3.63. The van der Waals surface area contributed by atoms with Gasteiger partial charge < -0.3 is 4.90 Å². The summed E-state index contributed by atoms with van der Waals surface area (Å²) < 4.78 is 24.4. The van der Waals surface area contributed by atoms with E-state index in [4.69, 9.17) is 0 Å². The summed E-state index contributed by atoms with van der Waals surface area (Å²) in [5.41, 5.74) is 2.91. The standard InChI is InChI=1S/C14H20N3O2S/c1-10(16(3)4)8-12-6-7-14-13(11(12)2)9-15-17(14)20(5,18)19/h6-7,9H,8H2,1-5H3. The number of rotatable bonds is 4. The summed E-state index contributed by atoms with van der Waals surface area (Å²) in [4.78, 5) is 2.09. The normalized spacial score (nSPS) is 12.8. The van der Waals surface area contributed by atoms with Gasteiger partial charge >= 0.3 is 0 Å². The molecule has 109 valence electrons. The Morgan fingerprint density at radius 2 is 2.00 bits per heavy atom. The lowest BCUT2D eigenvalue weighted by Crippen LogP contribution is -2.19. The maximum absolute atomic E-state index is 11.7. The van der Waals surface area contributed by atoms with E-state index < -0.39 is 10.0 Å². The van der Waals surface area contributed by atoms with Crippen LogP contribution in [0.25, 0.3) is 10.9 Å². The van der Waals surface area contributed by atoms with E-state index in [2.05, 4.69) is 16.9 Å². The monoisotopic (exact) mass is 294 g/mol. The molecule has 1 aromatic heterocycles. The fraction of sp³-hybridized carbons (Fsp3) is 0.429. The van der Waals surface area contributed by atoms with Crippen molar-refractivity contribution in [2.24, 2.45) is 0 Å². The van der Waals surface area contributed by atoms with Crippen LogP contribution in [0.15, 0.2) is 18.3 Å². The Morgan fingerprint density at radius 1 is 1.35 bits per heavy atom. The highest BCUT2D eigenvalue weighted by atomic mass is 32.2. The van der Waals surface area contributed by atoms with Crippen molar-refractivity contribution >= 4 is 20.9 Å². The minimum atomic E-state index is -3.36. The van der Waals surface area contributed by atoms with E-state index in [1.807, 2.05) is 33.2 Å². The van der Waals surface area contributed by atoms with Crippen LogP contribution in [0.1, 0.15) is 18.1 Å². The number of aryl methyl sites for hydroxylation is 1. The smallest absolute Gasteiger partial charge is 0.251 e. The Labute approximate surface area is 120 Å². The van der Waals surface area contributed by atoms with Crippen molar-refractivity contribution < 1.29 is 8.42 Å². The molecule has 0 spiro atoms. The zero-order chi connectivity index (χ0) is 15.1. The number of nitrogens with zero attached hydrogens (tertiary/aromatic N) is 3. The van der Waals surface area contributed by atoms with Gasteiger partial charge in [-0.3, -0.25) is 0 Å². The van der Waals surface area contributed by atoms with Crippen molar-refractivity contribution in [3.8, 4) is 0 Å². The Hall–Kier alpha value is -1.40. The van der Waals surface area contributed by atoms with Crippen molar-refractivity contribution in [1.29, 1.82) is 0 Å². The van der Waals surface area contributed by atoms with E-state index in [9.17, 15) is 8.42 Å². The van der Waals surface area contributed by atoms with Gasteiger partial charge in [-0.1, -0.05) is 6.07 Å². The van der Waals surface area contributed by atoms with Crippen molar-refractivity contribution in [2.45, 2.75) is 20.3 Å². The predicted octanol–water partition coefficient (Wildman–Crippen LogP) is 1.81. The molecule has 5 nitrogen and oxygen atoms in total. The van der Waals surface area contributed by atoms with Gasteiger partial charge in [-0.05, 0) is 51.6 Å². The summed E-state index contributed by atoms with van der Waals surface area (Å²) in [6, 6.07) is 5.06. The van der Waals surface area contributed by atoms with Gasteiger partial charge in [0.05, 0.1) is 18.0 Å². The van der Waals surface area contributed by atoms with E-state index >= 15 is 0 Å². The lowest BCUT2D eigenvalue weighted by atomic mass is 9.99. The molecule has 0 aliphatic carbocycles. The summed E-state index contributed by atoms with van der Waals surface area (Å²) in [5.74, 6) is 0. The quantitative estimate of drug-likeness (QED) is 0.863. The number of hydrogen-bond donors (Lipinski definition) is 0. The predicted molar refractivity (Wildman–Crippen MR) is 81.0 cm³/mol. The Morgan fingerprint density at radius 3 is 2.55 bits per heavy atom. The number of benzene rings is 1. The van der Waals surface area contributed by atoms with Crippen LogP contribution in [0.4, 0.5) is 0 Å². The average Bonchev–Trinajstić information content (AvgIpc) is 2.76. The Balaban J connectivity index is 2.51. The SMILES string of the molecule is C[C](Cc1ccc2c(cnn2S(C)(=O)=O)c1C)N(C)C. The third-order valence-corrected chi connectivity index (χ3v) is 4.54. The Kier molecular flexibility index (Phi) is 3.88. The third kappa shape index (κ3) is 2.71. The molecule has 20 heavy (non-hydrogen) atoms. The van der Waals surface area contributed by atoms with E-state index in [0.29, 0.717) is 5.52 Å². The first-order valence-electron chi connectivity index (χ1n) is 6.38. The van der Waals surface area contributed by atoms with Gasteiger partial charge in [0.2, 0.25) is 0 Å². The first-order valence-corrected chi connectivity index (χ1v) is 8.23. The minimum absolute atomic E-state index is 0.635. The number of hydrogen-bond acceptors (Lipinski definition) is 4. The zero-order valence-corrected chi connectivity index (χ0v) is 13.3. The van der Waals surface area contributed by atoms with Crippen LogP contribution >= 0.6 is 0 Å². The molecule has 0 saturated heterocycles. The van der Waals surface area contributed by atoms with E-state index in [-0.39, 0.29) is 0 Å². The molecule has 6 heteroatoms. The van der Waals surface area contributed by atoms with E-state index in [0.717, 1.165) is 27.7 Å². The van der Waals surface area contributed by atoms with Gasteiger partial charge in [-0.25, -0.2) is 8.42 Å². The maximum Gasteiger partial charge on any atom is 0.251 e. The molecule has 0 amide bonds. The minimum Gasteiger partial charge on any atom is -0.302 e. The van der Waals surface area contributed by atoms with Gasteiger partial charge in [0.15, 0.2) is 0 Å². The summed E-state index contributed by atoms with van der Waals surface area (Å²) in [5, 5.41) is 4.88. The first-order chi connectivity index (χ1) is 9.21. The summed E-state index contributed by atoms with van der Waals surface area (Å²) in [6.45, 7) is 4.10. The van der Waals surface area contributed by atoms with Gasteiger partial charge in [0.1, 0.15) is 0 Å². The molecule has 1 aromatic carbocycles. The maximum atomic E-state index is 11.7. The van der Waals surface area contributed by atoms with Gasteiger partial charge in [-0.2, -0.15) is 9.19 Å². The highest BCUT2D eigenvalue weighted by molar-refractivity contribution is 7.89. The number of aromatic nitrogens is 2. The van der Waals surface area contributed by atoms with Crippen molar-refractivity contribution in [1.82, 2.24) is 14.1 Å². The topological polar surface area (TPSA) is 55.2 Å². The molecular formula is C14H20N3O2S. The van der Waals surface area contributed by atoms with Crippen LogP contribution in [0.5, 0.6) is 0 Å². The second-order valence-electron chi connectivity index (χ2n) is 5.34. The second-order valence-corrected chi connectivity index (χ2v) is 7.15.